The van der Waals surface area contributed by atoms with Crippen LogP contribution >= 0.6 is 0 Å². The van der Waals surface area contributed by atoms with E-state index in [0.717, 1.165) is 37.0 Å². The first-order valence-electron chi connectivity index (χ1n) is 8.46. The molecule has 1 N–H and O–H groups in total. The summed E-state index contributed by atoms with van der Waals surface area (Å²) < 4.78 is 36.9. The Hall–Kier alpha value is -1.05. The number of unbranched alkanes of at least 4 members (excludes halogenated alkanes) is 4. The zero-order chi connectivity index (χ0) is 18.3. The summed E-state index contributed by atoms with van der Waals surface area (Å²) in [6.45, 7) is 2.18. The van der Waals surface area contributed by atoms with Crippen molar-refractivity contribution in [2.75, 3.05) is 0 Å². The zero-order valence-electron chi connectivity index (χ0n) is 15.3. The van der Waals surface area contributed by atoms with E-state index in [1.165, 1.54) is 25.3 Å². The SMILES string of the molecule is CCCCCCCc1ccccc1Oc1ccc(S(=O)(=O)O)c([O-])c1.[Na+]. The Morgan fingerprint density at radius 1 is 1.04 bits per heavy atom. The van der Waals surface area contributed by atoms with Crippen molar-refractivity contribution in [3.05, 3.63) is 48.0 Å². The maximum Gasteiger partial charge on any atom is 1.00 e. The average Bonchev–Trinajstić information content (AvgIpc) is 2.55. The summed E-state index contributed by atoms with van der Waals surface area (Å²) in [5, 5.41) is 11.8. The predicted octanol–water partition coefficient (Wildman–Crippen LogP) is 1.32. The monoisotopic (exact) mass is 386 g/mol. The van der Waals surface area contributed by atoms with Crippen molar-refractivity contribution in [2.45, 2.75) is 50.3 Å². The van der Waals surface area contributed by atoms with Crippen molar-refractivity contribution < 1.29 is 52.4 Å². The van der Waals surface area contributed by atoms with Gasteiger partial charge in [0, 0.05) is 0 Å². The number of para-hydroxylation sites is 1. The molecule has 0 heterocycles. The van der Waals surface area contributed by atoms with E-state index in [-0.39, 0.29) is 35.3 Å². The zero-order valence-corrected chi connectivity index (χ0v) is 18.1. The molecule has 0 saturated carbocycles. The number of hydrogen-bond acceptors (Lipinski definition) is 4. The van der Waals surface area contributed by atoms with E-state index < -0.39 is 20.8 Å². The van der Waals surface area contributed by atoms with Crippen molar-refractivity contribution in [3.63, 3.8) is 0 Å². The summed E-state index contributed by atoms with van der Waals surface area (Å²) >= 11 is 0. The van der Waals surface area contributed by atoms with Crippen molar-refractivity contribution in [2.24, 2.45) is 0 Å². The number of aryl methyl sites for hydroxylation is 1. The van der Waals surface area contributed by atoms with E-state index in [0.29, 0.717) is 5.75 Å². The summed E-state index contributed by atoms with van der Waals surface area (Å²) in [7, 11) is -4.52. The minimum absolute atomic E-state index is 0. The van der Waals surface area contributed by atoms with Gasteiger partial charge in [0.25, 0.3) is 10.1 Å². The molecular formula is C19H23NaO5S. The third kappa shape index (κ3) is 6.93. The largest absolute Gasteiger partial charge is 1.00 e. The number of hydrogen-bond donors (Lipinski definition) is 1. The maximum absolute atomic E-state index is 11.8. The summed E-state index contributed by atoms with van der Waals surface area (Å²) in [4.78, 5) is -0.649. The second-order valence-corrected chi connectivity index (χ2v) is 7.35. The van der Waals surface area contributed by atoms with Crippen LogP contribution in [0.1, 0.15) is 44.6 Å². The van der Waals surface area contributed by atoms with Gasteiger partial charge in [0.05, 0.1) is 4.90 Å². The smallest absolute Gasteiger partial charge is 0.871 e. The first-order valence-corrected chi connectivity index (χ1v) is 9.90. The average molecular weight is 386 g/mol. The topological polar surface area (TPSA) is 86.7 Å². The fourth-order valence-corrected chi connectivity index (χ4v) is 3.17. The Balaban J connectivity index is 0.00000338. The van der Waals surface area contributed by atoms with Gasteiger partial charge in [0.15, 0.2) is 0 Å². The van der Waals surface area contributed by atoms with Gasteiger partial charge in [-0.3, -0.25) is 4.55 Å². The Morgan fingerprint density at radius 3 is 2.38 bits per heavy atom. The van der Waals surface area contributed by atoms with Crippen molar-refractivity contribution in [1.29, 1.82) is 0 Å². The molecule has 0 aromatic heterocycles. The fourth-order valence-electron chi connectivity index (χ4n) is 2.62. The van der Waals surface area contributed by atoms with Gasteiger partial charge in [0.1, 0.15) is 11.5 Å². The van der Waals surface area contributed by atoms with Crippen LogP contribution in [-0.4, -0.2) is 13.0 Å². The molecule has 7 heteroatoms. The molecule has 2 aromatic carbocycles. The molecule has 0 atom stereocenters. The van der Waals surface area contributed by atoms with E-state index in [1.807, 2.05) is 24.3 Å². The van der Waals surface area contributed by atoms with Crippen LogP contribution in [0.25, 0.3) is 0 Å². The normalized spacial score (nSPS) is 11.0. The number of ether oxygens (including phenoxy) is 1. The molecule has 0 unspecified atom stereocenters. The standard InChI is InChI=1S/C19H24O5S.Na/c1-2-3-4-5-6-9-15-10-7-8-11-18(15)24-16-12-13-19(17(20)14-16)25(21,22)23;/h7-8,10-14,20H,2-6,9H2,1H3,(H,21,22,23);/q;+1/p-1. The molecule has 0 aliphatic heterocycles. The van der Waals surface area contributed by atoms with E-state index >= 15 is 0 Å². The fraction of sp³-hybridized carbons (Fsp3) is 0.368. The molecule has 2 rings (SSSR count). The van der Waals surface area contributed by atoms with Gasteiger partial charge in [-0.15, -0.1) is 0 Å². The summed E-state index contributed by atoms with van der Waals surface area (Å²) in [5.41, 5.74) is 1.05. The van der Waals surface area contributed by atoms with Gasteiger partial charge in [0.2, 0.25) is 0 Å². The van der Waals surface area contributed by atoms with E-state index in [2.05, 4.69) is 6.92 Å². The van der Waals surface area contributed by atoms with Gasteiger partial charge in [-0.1, -0.05) is 56.6 Å². The maximum atomic E-state index is 11.8. The molecule has 0 radical (unpaired) electrons. The molecule has 0 fully saturated rings. The minimum Gasteiger partial charge on any atom is -0.871 e. The molecule has 0 amide bonds. The molecule has 0 spiro atoms. The van der Waals surface area contributed by atoms with Crippen LogP contribution < -0.4 is 39.4 Å². The van der Waals surface area contributed by atoms with Crippen LogP contribution in [0.4, 0.5) is 0 Å². The van der Waals surface area contributed by atoms with Gasteiger partial charge in [-0.25, -0.2) is 0 Å². The Morgan fingerprint density at radius 2 is 1.73 bits per heavy atom. The van der Waals surface area contributed by atoms with Crippen LogP contribution in [0.3, 0.4) is 0 Å². The van der Waals surface area contributed by atoms with Crippen LogP contribution in [0.15, 0.2) is 47.4 Å². The van der Waals surface area contributed by atoms with Crippen LogP contribution in [0.2, 0.25) is 0 Å². The third-order valence-electron chi connectivity index (χ3n) is 3.94. The van der Waals surface area contributed by atoms with Crippen LogP contribution in [-0.2, 0) is 16.5 Å². The Labute approximate surface area is 177 Å². The van der Waals surface area contributed by atoms with E-state index in [1.54, 1.807) is 0 Å². The van der Waals surface area contributed by atoms with Crippen molar-refractivity contribution >= 4 is 10.1 Å². The molecule has 0 aliphatic carbocycles. The van der Waals surface area contributed by atoms with Crippen LogP contribution in [0.5, 0.6) is 17.2 Å². The molecule has 0 bridgehead atoms. The quantitative estimate of drug-likeness (QED) is 0.399. The second-order valence-electron chi connectivity index (χ2n) is 5.96. The van der Waals surface area contributed by atoms with Crippen LogP contribution in [0, 0.1) is 0 Å². The first-order chi connectivity index (χ1) is 11.9. The molecule has 0 aliphatic rings. The molecule has 2 aromatic rings. The molecule has 26 heavy (non-hydrogen) atoms. The van der Waals surface area contributed by atoms with E-state index in [4.69, 9.17) is 9.29 Å². The Bertz CT molecular complexity index is 805. The van der Waals surface area contributed by atoms with Gasteiger partial charge >= 0.3 is 29.6 Å². The molecule has 136 valence electrons. The summed E-state index contributed by atoms with van der Waals surface area (Å²) in [6.07, 6.45) is 6.77. The van der Waals surface area contributed by atoms with Gasteiger partial charge in [-0.2, -0.15) is 8.42 Å². The summed E-state index contributed by atoms with van der Waals surface area (Å²) in [6, 6.07) is 11.1. The third-order valence-corrected chi connectivity index (χ3v) is 4.84. The predicted molar refractivity (Wildman–Crippen MR) is 94.7 cm³/mol. The molecular weight excluding hydrogens is 363 g/mol. The minimum atomic E-state index is -4.52. The van der Waals surface area contributed by atoms with Crippen molar-refractivity contribution in [3.8, 4) is 17.2 Å². The van der Waals surface area contributed by atoms with Gasteiger partial charge in [-0.05, 0) is 42.7 Å². The van der Waals surface area contributed by atoms with Crippen molar-refractivity contribution in [1.82, 2.24) is 0 Å². The number of rotatable bonds is 9. The molecule has 5 nitrogen and oxygen atoms in total. The summed E-state index contributed by atoms with van der Waals surface area (Å²) in [5.74, 6) is 0.102. The number of benzene rings is 2. The van der Waals surface area contributed by atoms with E-state index in [9.17, 15) is 13.5 Å². The second kappa shape index (κ2) is 10.9. The Kier molecular flexibility index (Phi) is 9.68. The first kappa shape index (κ1) is 23.0. The van der Waals surface area contributed by atoms with Gasteiger partial charge < -0.3 is 9.84 Å². The molecule has 0 saturated heterocycles.